The Kier molecular flexibility index (Phi) is 5.26. The van der Waals surface area contributed by atoms with Crippen molar-refractivity contribution in [3.8, 4) is 16.9 Å². The van der Waals surface area contributed by atoms with Crippen LogP contribution in [0.15, 0.2) is 41.3 Å². The molecule has 5 nitrogen and oxygen atoms in total. The molecule has 2 rings (SSSR count). The lowest BCUT2D eigenvalue weighted by Gasteiger charge is -2.15. The van der Waals surface area contributed by atoms with E-state index in [0.717, 1.165) is 37.3 Å². The number of hydrogen-bond acceptors (Lipinski definition) is 5. The van der Waals surface area contributed by atoms with Crippen molar-refractivity contribution in [2.75, 3.05) is 6.26 Å². The van der Waals surface area contributed by atoms with Crippen molar-refractivity contribution in [1.29, 1.82) is 0 Å². The number of carbonyl (C=O) groups excluding carboxylic acids is 1. The third kappa shape index (κ3) is 4.51. The smallest absolute Gasteiger partial charge is 0.286 e. The van der Waals surface area contributed by atoms with Gasteiger partial charge in [-0.15, -0.1) is 0 Å². The molecule has 0 aliphatic carbocycles. The van der Waals surface area contributed by atoms with Gasteiger partial charge in [-0.25, -0.2) is 17.6 Å². The van der Waals surface area contributed by atoms with Crippen LogP contribution in [-0.2, 0) is 25.7 Å². The van der Waals surface area contributed by atoms with E-state index in [-0.39, 0.29) is 16.9 Å². The SMILES string of the molecule is CC(=O)OOc1ccc(F)cc1-c1ccc(S(C)(=O)=O)c(C(F)(F)F)c1. The maximum Gasteiger partial charge on any atom is 0.417 e. The Labute approximate surface area is 146 Å². The molecule has 0 N–H and O–H groups in total. The fourth-order valence-electron chi connectivity index (χ4n) is 2.15. The van der Waals surface area contributed by atoms with Crippen LogP contribution in [0.3, 0.4) is 0 Å². The molecule has 0 radical (unpaired) electrons. The molecule has 0 spiro atoms. The van der Waals surface area contributed by atoms with E-state index in [4.69, 9.17) is 4.89 Å². The van der Waals surface area contributed by atoms with E-state index in [0.29, 0.717) is 12.3 Å². The highest BCUT2D eigenvalue weighted by atomic mass is 32.2. The average Bonchev–Trinajstić information content (AvgIpc) is 2.51. The van der Waals surface area contributed by atoms with E-state index < -0.39 is 38.3 Å². The van der Waals surface area contributed by atoms with E-state index in [1.165, 1.54) is 0 Å². The lowest BCUT2D eigenvalue weighted by Crippen LogP contribution is -2.12. The lowest BCUT2D eigenvalue weighted by atomic mass is 10.0. The topological polar surface area (TPSA) is 69.7 Å². The van der Waals surface area contributed by atoms with Crippen molar-refractivity contribution < 1.29 is 40.5 Å². The minimum atomic E-state index is -4.96. The zero-order chi connectivity index (χ0) is 19.7. The summed E-state index contributed by atoms with van der Waals surface area (Å²) in [7, 11) is -4.15. The maximum absolute atomic E-state index is 13.6. The Morgan fingerprint density at radius 2 is 1.73 bits per heavy atom. The Morgan fingerprint density at radius 1 is 1.08 bits per heavy atom. The van der Waals surface area contributed by atoms with Crippen LogP contribution < -0.4 is 4.89 Å². The van der Waals surface area contributed by atoms with Gasteiger partial charge in [-0.2, -0.15) is 13.2 Å². The zero-order valence-corrected chi connectivity index (χ0v) is 14.2. The van der Waals surface area contributed by atoms with Crippen LogP contribution in [0, 0.1) is 5.82 Å². The molecule has 0 bridgehead atoms. The Balaban J connectivity index is 2.66. The first kappa shape index (κ1) is 19.7. The molecule has 0 amide bonds. The number of hydrogen-bond donors (Lipinski definition) is 0. The zero-order valence-electron chi connectivity index (χ0n) is 13.4. The van der Waals surface area contributed by atoms with Gasteiger partial charge in [-0.1, -0.05) is 6.07 Å². The Morgan fingerprint density at radius 3 is 2.27 bits per heavy atom. The Bertz CT molecular complexity index is 952. The van der Waals surface area contributed by atoms with Crippen molar-refractivity contribution in [2.45, 2.75) is 18.0 Å². The molecule has 0 saturated carbocycles. The summed E-state index contributed by atoms with van der Waals surface area (Å²) in [5, 5.41) is 0. The molecule has 140 valence electrons. The van der Waals surface area contributed by atoms with Crippen LogP contribution >= 0.6 is 0 Å². The summed E-state index contributed by atoms with van der Waals surface area (Å²) in [6, 6.07) is 5.29. The van der Waals surface area contributed by atoms with Gasteiger partial charge in [0.25, 0.3) is 0 Å². The molecule has 26 heavy (non-hydrogen) atoms. The maximum atomic E-state index is 13.6. The van der Waals surface area contributed by atoms with Crippen LogP contribution in [-0.4, -0.2) is 20.6 Å². The van der Waals surface area contributed by atoms with Crippen LogP contribution in [0.5, 0.6) is 5.75 Å². The van der Waals surface area contributed by atoms with Crippen molar-refractivity contribution in [2.24, 2.45) is 0 Å². The van der Waals surface area contributed by atoms with Crippen molar-refractivity contribution in [3.05, 3.63) is 47.8 Å². The van der Waals surface area contributed by atoms with Gasteiger partial charge in [0.05, 0.1) is 10.5 Å². The molecule has 2 aromatic rings. The minimum absolute atomic E-state index is 0.156. The molecule has 0 atom stereocenters. The predicted molar refractivity (Wildman–Crippen MR) is 82.3 cm³/mol. The van der Waals surface area contributed by atoms with E-state index >= 15 is 0 Å². The van der Waals surface area contributed by atoms with E-state index in [9.17, 15) is 30.8 Å². The number of sulfone groups is 1. The van der Waals surface area contributed by atoms with Crippen LogP contribution in [0.1, 0.15) is 12.5 Å². The third-order valence-corrected chi connectivity index (χ3v) is 4.34. The van der Waals surface area contributed by atoms with Gasteiger partial charge in [0, 0.05) is 18.7 Å². The molecule has 0 saturated heterocycles. The molecule has 0 heterocycles. The predicted octanol–water partition coefficient (Wildman–Crippen LogP) is 3.77. The van der Waals surface area contributed by atoms with Gasteiger partial charge < -0.3 is 0 Å². The van der Waals surface area contributed by atoms with Crippen LogP contribution in [0.4, 0.5) is 17.6 Å². The van der Waals surface area contributed by atoms with Gasteiger partial charge in [0.1, 0.15) is 5.82 Å². The average molecular weight is 392 g/mol. The molecular weight excluding hydrogens is 380 g/mol. The summed E-state index contributed by atoms with van der Waals surface area (Å²) in [5.41, 5.74) is -1.73. The van der Waals surface area contributed by atoms with Crippen LogP contribution in [0.2, 0.25) is 0 Å². The summed E-state index contributed by atoms with van der Waals surface area (Å²) in [4.78, 5) is 19.0. The van der Waals surface area contributed by atoms with Gasteiger partial charge >= 0.3 is 12.1 Å². The highest BCUT2D eigenvalue weighted by Crippen LogP contribution is 2.39. The third-order valence-electron chi connectivity index (χ3n) is 3.19. The van der Waals surface area contributed by atoms with Crippen LogP contribution in [0.25, 0.3) is 11.1 Å². The number of halogens is 4. The highest BCUT2D eigenvalue weighted by Gasteiger charge is 2.36. The molecule has 0 aromatic heterocycles. The number of rotatable bonds is 4. The minimum Gasteiger partial charge on any atom is -0.286 e. The van der Waals surface area contributed by atoms with E-state index in [2.05, 4.69) is 4.89 Å². The van der Waals surface area contributed by atoms with E-state index in [1.54, 1.807) is 0 Å². The summed E-state index contributed by atoms with van der Waals surface area (Å²) < 4.78 is 76.6. The highest BCUT2D eigenvalue weighted by molar-refractivity contribution is 7.90. The fourth-order valence-corrected chi connectivity index (χ4v) is 3.04. The summed E-state index contributed by atoms with van der Waals surface area (Å²) >= 11 is 0. The fraction of sp³-hybridized carbons (Fsp3) is 0.188. The number of carbonyl (C=O) groups is 1. The molecule has 0 fully saturated rings. The first-order valence-corrected chi connectivity index (χ1v) is 8.85. The molecule has 0 aliphatic heterocycles. The molecule has 2 aromatic carbocycles. The summed E-state index contributed by atoms with van der Waals surface area (Å²) in [6.45, 7) is 1.03. The number of alkyl halides is 3. The summed E-state index contributed by atoms with van der Waals surface area (Å²) in [5.74, 6) is -1.83. The van der Waals surface area contributed by atoms with Crippen molar-refractivity contribution in [1.82, 2.24) is 0 Å². The Hall–Kier alpha value is -2.62. The standard InChI is InChI=1S/C16H12F4O5S/c1-9(21)24-25-14-5-4-11(17)8-12(14)10-3-6-15(26(2,22)23)13(7-10)16(18,19)20/h3-8H,1-2H3. The number of benzene rings is 2. The van der Waals surface area contributed by atoms with Crippen molar-refractivity contribution >= 4 is 15.8 Å². The quantitative estimate of drug-likeness (QED) is 0.450. The van der Waals surface area contributed by atoms with Gasteiger partial charge in [0.15, 0.2) is 15.6 Å². The largest absolute Gasteiger partial charge is 0.417 e. The first-order chi connectivity index (χ1) is 11.9. The van der Waals surface area contributed by atoms with Gasteiger partial charge in [0.2, 0.25) is 0 Å². The molecule has 0 unspecified atom stereocenters. The van der Waals surface area contributed by atoms with Gasteiger partial charge in [-0.05, 0) is 35.9 Å². The lowest BCUT2D eigenvalue weighted by molar-refractivity contribution is -0.210. The molecule has 0 aliphatic rings. The summed E-state index contributed by atoms with van der Waals surface area (Å²) in [6.07, 6.45) is -4.31. The van der Waals surface area contributed by atoms with Gasteiger partial charge in [-0.3, -0.25) is 9.78 Å². The van der Waals surface area contributed by atoms with E-state index in [1.807, 2.05) is 0 Å². The second-order valence-electron chi connectivity index (χ2n) is 5.28. The first-order valence-electron chi connectivity index (χ1n) is 6.96. The molecule has 10 heteroatoms. The molecular formula is C16H12F4O5S. The second-order valence-corrected chi connectivity index (χ2v) is 7.26. The monoisotopic (exact) mass is 392 g/mol. The second kappa shape index (κ2) is 6.94. The normalized spacial score (nSPS) is 11.9. The van der Waals surface area contributed by atoms with Crippen molar-refractivity contribution in [3.63, 3.8) is 0 Å².